The van der Waals surface area contributed by atoms with Gasteiger partial charge in [0.05, 0.1) is 12.0 Å². The summed E-state index contributed by atoms with van der Waals surface area (Å²) in [5.41, 5.74) is -1.26. The number of alkyl halides is 5. The molecule has 9 nitrogen and oxygen atoms in total. The van der Waals surface area contributed by atoms with Gasteiger partial charge in [-0.1, -0.05) is 20.8 Å². The molecular weight excluding hydrogens is 517 g/mol. The SMILES string of the molecule is CC(C)(C)[C@@H](NC(=O)C(F)(F)F)C(=O)N1[C@H]2CC[C@@H]([C@@H]1C(=O)N[C@@H](C#N)C[C@H]1CCCNC1=O)C(F)(F)C2. The van der Waals surface area contributed by atoms with Crippen LogP contribution in [-0.2, 0) is 19.2 Å². The first kappa shape index (κ1) is 29.6. The minimum Gasteiger partial charge on any atom is -0.356 e. The van der Waals surface area contributed by atoms with Crippen LogP contribution in [0.5, 0.6) is 0 Å². The van der Waals surface area contributed by atoms with Crippen molar-refractivity contribution in [3.05, 3.63) is 0 Å². The fourth-order valence-electron chi connectivity index (χ4n) is 5.58. The highest BCUT2D eigenvalue weighted by atomic mass is 19.4. The molecule has 212 valence electrons. The molecule has 6 atom stereocenters. The van der Waals surface area contributed by atoms with Crippen molar-refractivity contribution < 1.29 is 41.1 Å². The van der Waals surface area contributed by atoms with Gasteiger partial charge in [0.25, 0.3) is 5.92 Å². The summed E-state index contributed by atoms with van der Waals surface area (Å²) in [6.45, 7) is 4.69. The lowest BCUT2D eigenvalue weighted by atomic mass is 9.70. The van der Waals surface area contributed by atoms with E-state index in [-0.39, 0.29) is 25.2 Å². The van der Waals surface area contributed by atoms with Crippen molar-refractivity contribution >= 4 is 23.6 Å². The van der Waals surface area contributed by atoms with Crippen LogP contribution in [0.2, 0.25) is 0 Å². The number of amides is 4. The summed E-state index contributed by atoms with van der Waals surface area (Å²) in [6, 6.07) is -4.06. The normalized spacial score (nSPS) is 28.5. The molecule has 0 aromatic carbocycles. The molecule has 1 saturated carbocycles. The second-order valence-electron chi connectivity index (χ2n) is 11.3. The van der Waals surface area contributed by atoms with Gasteiger partial charge in [-0.05, 0) is 37.5 Å². The quantitative estimate of drug-likeness (QED) is 0.437. The van der Waals surface area contributed by atoms with Crippen LogP contribution in [0.3, 0.4) is 0 Å². The molecule has 4 fully saturated rings. The van der Waals surface area contributed by atoms with E-state index in [0.717, 1.165) is 4.90 Å². The summed E-state index contributed by atoms with van der Waals surface area (Å²) >= 11 is 0. The fourth-order valence-corrected chi connectivity index (χ4v) is 5.58. The Kier molecular flexibility index (Phi) is 8.29. The van der Waals surface area contributed by atoms with E-state index in [2.05, 4.69) is 10.6 Å². The topological polar surface area (TPSA) is 131 Å². The van der Waals surface area contributed by atoms with E-state index in [4.69, 9.17) is 0 Å². The van der Waals surface area contributed by atoms with Crippen LogP contribution in [0.25, 0.3) is 0 Å². The second-order valence-corrected chi connectivity index (χ2v) is 11.3. The summed E-state index contributed by atoms with van der Waals surface area (Å²) in [5, 5.41) is 16.3. The van der Waals surface area contributed by atoms with Crippen molar-refractivity contribution in [3.8, 4) is 6.07 Å². The molecule has 3 saturated heterocycles. The van der Waals surface area contributed by atoms with Gasteiger partial charge in [0, 0.05) is 24.9 Å². The van der Waals surface area contributed by atoms with Gasteiger partial charge in [-0.3, -0.25) is 19.2 Å². The number of carbonyl (C=O) groups excluding carboxylic acids is 4. The van der Waals surface area contributed by atoms with Gasteiger partial charge in [0.15, 0.2) is 0 Å². The Bertz CT molecular complexity index is 1010. The van der Waals surface area contributed by atoms with E-state index in [9.17, 15) is 46.4 Å². The second kappa shape index (κ2) is 10.6. The zero-order valence-electron chi connectivity index (χ0n) is 21.3. The minimum absolute atomic E-state index is 0.0640. The molecular formula is C24H32F5N5O4. The molecule has 2 bridgehead atoms. The Hall–Kier alpha value is -2.98. The lowest BCUT2D eigenvalue weighted by molar-refractivity contribution is -0.197. The number of hydrogen-bond donors (Lipinski definition) is 3. The summed E-state index contributed by atoms with van der Waals surface area (Å²) in [5.74, 6) is -10.3. The van der Waals surface area contributed by atoms with Gasteiger partial charge in [-0.2, -0.15) is 18.4 Å². The third kappa shape index (κ3) is 6.18. The predicted octanol–water partition coefficient (Wildman–Crippen LogP) is 2.02. The molecule has 3 heterocycles. The average molecular weight is 550 g/mol. The van der Waals surface area contributed by atoms with Crippen LogP contribution in [0.4, 0.5) is 22.0 Å². The van der Waals surface area contributed by atoms with Crippen LogP contribution in [0.15, 0.2) is 0 Å². The summed E-state index contributed by atoms with van der Waals surface area (Å²) in [6.07, 6.45) is -5.00. The highest BCUT2D eigenvalue weighted by Gasteiger charge is 2.61. The Labute approximate surface area is 216 Å². The molecule has 4 rings (SSSR count). The van der Waals surface area contributed by atoms with Crippen molar-refractivity contribution in [2.24, 2.45) is 17.3 Å². The largest absolute Gasteiger partial charge is 0.471 e. The number of nitriles is 1. The van der Waals surface area contributed by atoms with E-state index in [1.165, 1.54) is 20.8 Å². The molecule has 0 aromatic heterocycles. The number of nitrogens with zero attached hydrogens (tertiary/aromatic N) is 2. The molecule has 4 amide bonds. The van der Waals surface area contributed by atoms with Crippen LogP contribution in [0.1, 0.15) is 59.3 Å². The van der Waals surface area contributed by atoms with Crippen molar-refractivity contribution in [1.82, 2.24) is 20.9 Å². The van der Waals surface area contributed by atoms with Gasteiger partial charge in [-0.25, -0.2) is 8.78 Å². The van der Waals surface area contributed by atoms with Crippen molar-refractivity contribution in [3.63, 3.8) is 0 Å². The Morgan fingerprint density at radius 3 is 2.34 bits per heavy atom. The molecule has 1 aliphatic carbocycles. The molecule has 14 heteroatoms. The zero-order chi connectivity index (χ0) is 28.6. The van der Waals surface area contributed by atoms with Gasteiger partial charge >= 0.3 is 12.1 Å². The first-order chi connectivity index (χ1) is 17.5. The number of fused-ring (bicyclic) bond motifs is 3. The molecule has 3 N–H and O–H groups in total. The van der Waals surface area contributed by atoms with Crippen LogP contribution < -0.4 is 16.0 Å². The summed E-state index contributed by atoms with van der Waals surface area (Å²) in [4.78, 5) is 51.7. The van der Waals surface area contributed by atoms with E-state index in [1.807, 2.05) is 6.07 Å². The number of piperidine rings is 3. The molecule has 3 aliphatic heterocycles. The Morgan fingerprint density at radius 2 is 1.82 bits per heavy atom. The molecule has 0 aromatic rings. The number of carbonyl (C=O) groups is 4. The molecule has 4 aliphatic rings. The third-order valence-electron chi connectivity index (χ3n) is 7.50. The first-order valence-electron chi connectivity index (χ1n) is 12.5. The Balaban J connectivity index is 1.90. The number of halogens is 5. The summed E-state index contributed by atoms with van der Waals surface area (Å²) in [7, 11) is 0. The van der Waals surface area contributed by atoms with Crippen LogP contribution >= 0.6 is 0 Å². The van der Waals surface area contributed by atoms with E-state index in [1.54, 1.807) is 5.32 Å². The van der Waals surface area contributed by atoms with Crippen molar-refractivity contribution in [2.75, 3.05) is 6.54 Å². The number of nitrogens with one attached hydrogen (secondary N) is 3. The molecule has 38 heavy (non-hydrogen) atoms. The maximum atomic E-state index is 14.9. The van der Waals surface area contributed by atoms with Gasteiger partial charge in [-0.15, -0.1) is 0 Å². The lowest BCUT2D eigenvalue weighted by Crippen LogP contribution is -2.71. The highest BCUT2D eigenvalue weighted by molar-refractivity contribution is 5.94. The minimum atomic E-state index is -5.29. The monoisotopic (exact) mass is 549 g/mol. The standard InChI is InChI=1S/C24H32F5N5O4/c1-22(2,3)17(33-21(38)24(27,28)29)20(37)34-14-6-7-15(23(25,26)10-14)16(34)19(36)32-13(11-30)9-12-5-4-8-31-18(12)35/h12-17H,4-10H2,1-3H3,(H,31,35)(H,32,36)(H,33,38)/t12-,13-,14+,15+,16-,17+/m1/s1. The van der Waals surface area contributed by atoms with Gasteiger partial charge in [0.2, 0.25) is 17.7 Å². The fraction of sp³-hybridized carbons (Fsp3) is 0.792. The first-order valence-corrected chi connectivity index (χ1v) is 12.5. The predicted molar refractivity (Wildman–Crippen MR) is 122 cm³/mol. The lowest BCUT2D eigenvalue weighted by Gasteiger charge is -2.55. The third-order valence-corrected chi connectivity index (χ3v) is 7.50. The molecule has 0 radical (unpaired) electrons. The van der Waals surface area contributed by atoms with Crippen LogP contribution in [0, 0.1) is 28.6 Å². The molecule has 0 unspecified atom stereocenters. The Morgan fingerprint density at radius 1 is 1.16 bits per heavy atom. The zero-order valence-corrected chi connectivity index (χ0v) is 21.3. The molecule has 0 spiro atoms. The number of hydrogen-bond acceptors (Lipinski definition) is 5. The van der Waals surface area contributed by atoms with Crippen molar-refractivity contribution in [2.45, 2.75) is 95.6 Å². The summed E-state index contributed by atoms with van der Waals surface area (Å²) < 4.78 is 68.9. The van der Waals surface area contributed by atoms with E-state index in [0.29, 0.717) is 19.4 Å². The van der Waals surface area contributed by atoms with Crippen LogP contribution in [-0.4, -0.2) is 71.3 Å². The maximum Gasteiger partial charge on any atom is 0.471 e. The van der Waals surface area contributed by atoms with E-state index >= 15 is 0 Å². The van der Waals surface area contributed by atoms with E-state index < -0.39 is 77.7 Å². The average Bonchev–Trinajstić information content (AvgIpc) is 2.80. The smallest absolute Gasteiger partial charge is 0.356 e. The van der Waals surface area contributed by atoms with Crippen molar-refractivity contribution in [1.29, 1.82) is 5.26 Å². The van der Waals surface area contributed by atoms with Gasteiger partial charge < -0.3 is 20.9 Å². The number of rotatable bonds is 6. The maximum absolute atomic E-state index is 14.9. The van der Waals surface area contributed by atoms with Gasteiger partial charge in [0.1, 0.15) is 18.1 Å². The highest BCUT2D eigenvalue weighted by Crippen LogP contribution is 2.49.